The van der Waals surface area contributed by atoms with Crippen LogP contribution in [0.2, 0.25) is 0 Å². The number of sulfonamides is 2. The summed E-state index contributed by atoms with van der Waals surface area (Å²) < 4.78 is 50.4. The van der Waals surface area contributed by atoms with Crippen LogP contribution in [0.15, 0.2) is 94.7 Å². The average Bonchev–Trinajstić information content (AvgIpc) is 3.55. The second-order valence-electron chi connectivity index (χ2n) is 10.0. The fourth-order valence-electron chi connectivity index (χ4n) is 5.60. The van der Waals surface area contributed by atoms with Crippen LogP contribution in [0.5, 0.6) is 0 Å². The fourth-order valence-corrected chi connectivity index (χ4v) is 7.13. The van der Waals surface area contributed by atoms with E-state index >= 15 is 0 Å². The normalized spacial score (nSPS) is 18.6. The largest absolute Gasteiger partial charge is 0.302 e. The zero-order valence-corrected chi connectivity index (χ0v) is 23.0. The Hall–Kier alpha value is -3.64. The number of nitrogens with one attached hydrogen (secondary N) is 2. The standard InChI is InChI=1S/C30H28N4O4S2/c31-39(35,36)27-15-21(29-25-7-3-1-5-23(25)17-33-29)13-11-19(27)9-10-20-12-14-22(16-28(20)40(32,37)38)30-26-8-4-2-6-24(26)18-34-30/h1-16,29-30,33-34H,17-18H2,(H2,31,35,36)(H2,32,37,38)/b10-9+. The number of rotatable bonds is 6. The van der Waals surface area contributed by atoms with Gasteiger partial charge in [0.25, 0.3) is 0 Å². The molecule has 8 nitrogen and oxygen atoms in total. The van der Waals surface area contributed by atoms with Gasteiger partial charge in [0, 0.05) is 13.1 Å². The number of hydrogen-bond acceptors (Lipinski definition) is 6. The highest BCUT2D eigenvalue weighted by Crippen LogP contribution is 2.34. The zero-order valence-electron chi connectivity index (χ0n) is 21.4. The molecule has 0 aliphatic carbocycles. The van der Waals surface area contributed by atoms with Crippen molar-refractivity contribution >= 4 is 32.2 Å². The van der Waals surface area contributed by atoms with Crippen LogP contribution < -0.4 is 20.9 Å². The molecule has 0 radical (unpaired) electrons. The lowest BCUT2D eigenvalue weighted by Gasteiger charge is -2.16. The molecule has 0 saturated carbocycles. The number of benzene rings is 4. The maximum absolute atomic E-state index is 12.6. The van der Waals surface area contributed by atoms with E-state index in [4.69, 9.17) is 10.3 Å². The van der Waals surface area contributed by atoms with Crippen molar-refractivity contribution in [3.63, 3.8) is 0 Å². The third-order valence-corrected chi connectivity index (χ3v) is 9.46. The van der Waals surface area contributed by atoms with E-state index in [1.165, 1.54) is 0 Å². The minimum absolute atomic E-state index is 0.0482. The Morgan fingerprint density at radius 2 is 1.00 bits per heavy atom. The highest BCUT2D eigenvalue weighted by Gasteiger charge is 2.26. The molecule has 2 aliphatic rings. The van der Waals surface area contributed by atoms with Crippen LogP contribution in [-0.4, -0.2) is 16.8 Å². The Morgan fingerprint density at radius 3 is 1.40 bits per heavy atom. The van der Waals surface area contributed by atoms with Gasteiger partial charge in [0.05, 0.1) is 21.9 Å². The first-order valence-electron chi connectivity index (χ1n) is 12.7. The van der Waals surface area contributed by atoms with Gasteiger partial charge in [-0.25, -0.2) is 27.1 Å². The molecule has 0 bridgehead atoms. The van der Waals surface area contributed by atoms with Crippen molar-refractivity contribution in [3.05, 3.63) is 129 Å². The second-order valence-corrected chi connectivity index (χ2v) is 13.1. The third kappa shape index (κ3) is 5.01. The molecule has 6 N–H and O–H groups in total. The molecule has 0 fully saturated rings. The summed E-state index contributed by atoms with van der Waals surface area (Å²) in [5.74, 6) is 0. The Balaban J connectivity index is 1.37. The van der Waals surface area contributed by atoms with Gasteiger partial charge in [-0.1, -0.05) is 84.9 Å². The van der Waals surface area contributed by atoms with Crippen molar-refractivity contribution in [1.29, 1.82) is 0 Å². The zero-order chi connectivity index (χ0) is 28.1. The first-order chi connectivity index (χ1) is 19.1. The van der Waals surface area contributed by atoms with Crippen molar-refractivity contribution in [3.8, 4) is 0 Å². The molecule has 4 aromatic rings. The van der Waals surface area contributed by atoms with Crippen molar-refractivity contribution in [1.82, 2.24) is 10.6 Å². The lowest BCUT2D eigenvalue weighted by atomic mass is 9.97. The fraction of sp³-hybridized carbons (Fsp3) is 0.133. The third-order valence-electron chi connectivity index (χ3n) is 7.52. The first-order valence-corrected chi connectivity index (χ1v) is 15.8. The number of primary sulfonamides is 2. The second kappa shape index (κ2) is 10.1. The summed E-state index contributed by atoms with van der Waals surface area (Å²) in [5, 5.41) is 18.1. The summed E-state index contributed by atoms with van der Waals surface area (Å²) in [5.41, 5.74) is 6.71. The predicted molar refractivity (Wildman–Crippen MR) is 155 cm³/mol. The molecule has 2 unspecified atom stereocenters. The summed E-state index contributed by atoms with van der Waals surface area (Å²) in [7, 11) is -8.16. The molecule has 2 aliphatic heterocycles. The first kappa shape index (κ1) is 26.6. The van der Waals surface area contributed by atoms with E-state index in [0.717, 1.165) is 33.4 Å². The lowest BCUT2D eigenvalue weighted by molar-refractivity contribution is 0.595. The van der Waals surface area contributed by atoms with Gasteiger partial charge in [-0.15, -0.1) is 0 Å². The van der Waals surface area contributed by atoms with E-state index in [0.29, 0.717) is 24.2 Å². The highest BCUT2D eigenvalue weighted by atomic mass is 32.2. The van der Waals surface area contributed by atoms with E-state index in [1.54, 1.807) is 36.4 Å². The molecule has 2 heterocycles. The van der Waals surface area contributed by atoms with E-state index in [2.05, 4.69) is 10.6 Å². The highest BCUT2D eigenvalue weighted by molar-refractivity contribution is 7.89. The maximum atomic E-state index is 12.6. The Kier molecular flexibility index (Phi) is 6.70. The van der Waals surface area contributed by atoms with Crippen molar-refractivity contribution in [2.75, 3.05) is 0 Å². The van der Waals surface area contributed by atoms with Crippen molar-refractivity contribution in [2.24, 2.45) is 10.3 Å². The van der Waals surface area contributed by atoms with E-state index in [-0.39, 0.29) is 21.9 Å². The summed E-state index contributed by atoms with van der Waals surface area (Å²) in [6.07, 6.45) is 3.10. The molecule has 6 rings (SSSR count). The minimum atomic E-state index is -4.08. The molecule has 204 valence electrons. The number of hydrogen-bond donors (Lipinski definition) is 4. The van der Waals surface area contributed by atoms with Crippen LogP contribution in [0.1, 0.15) is 56.6 Å². The van der Waals surface area contributed by atoms with Gasteiger partial charge in [0.15, 0.2) is 0 Å². The van der Waals surface area contributed by atoms with E-state index < -0.39 is 20.0 Å². The molecule has 0 aromatic heterocycles. The predicted octanol–water partition coefficient (Wildman–Crippen LogP) is 3.54. The van der Waals surface area contributed by atoms with Gasteiger partial charge in [-0.3, -0.25) is 0 Å². The molecular weight excluding hydrogens is 544 g/mol. The Labute approximate surface area is 233 Å². The quantitative estimate of drug-likeness (QED) is 0.260. The summed E-state index contributed by atoms with van der Waals surface area (Å²) in [6.45, 7) is 1.36. The SMILES string of the molecule is NS(=O)(=O)c1cc(C2NCc3ccccc32)ccc1/C=C/c1ccc(C2NCc3ccccc32)cc1S(N)(=O)=O. The Bertz CT molecular complexity index is 1750. The van der Waals surface area contributed by atoms with Gasteiger partial charge in [-0.05, 0) is 56.6 Å². The molecule has 40 heavy (non-hydrogen) atoms. The van der Waals surface area contributed by atoms with E-state index in [9.17, 15) is 16.8 Å². The minimum Gasteiger partial charge on any atom is -0.302 e. The van der Waals surface area contributed by atoms with Gasteiger partial charge in [-0.2, -0.15) is 0 Å². The van der Waals surface area contributed by atoms with Crippen LogP contribution in [0.4, 0.5) is 0 Å². The monoisotopic (exact) mass is 572 g/mol. The van der Waals surface area contributed by atoms with Crippen LogP contribution in [0.25, 0.3) is 12.2 Å². The van der Waals surface area contributed by atoms with Crippen LogP contribution in [0.3, 0.4) is 0 Å². The summed E-state index contributed by atoms with van der Waals surface area (Å²) >= 11 is 0. The van der Waals surface area contributed by atoms with Gasteiger partial charge >= 0.3 is 0 Å². The average molecular weight is 573 g/mol. The van der Waals surface area contributed by atoms with Crippen LogP contribution in [0, 0.1) is 0 Å². The van der Waals surface area contributed by atoms with E-state index in [1.807, 2.05) is 60.7 Å². The Morgan fingerprint density at radius 1 is 0.600 bits per heavy atom. The van der Waals surface area contributed by atoms with Crippen LogP contribution >= 0.6 is 0 Å². The molecule has 4 aromatic carbocycles. The summed E-state index contributed by atoms with van der Waals surface area (Å²) in [6, 6.07) is 25.8. The molecule has 0 spiro atoms. The topological polar surface area (TPSA) is 144 Å². The maximum Gasteiger partial charge on any atom is 0.238 e. The van der Waals surface area contributed by atoms with Gasteiger partial charge in [0.2, 0.25) is 20.0 Å². The van der Waals surface area contributed by atoms with Crippen molar-refractivity contribution in [2.45, 2.75) is 35.0 Å². The lowest BCUT2D eigenvalue weighted by Crippen LogP contribution is -2.17. The molecule has 2 atom stereocenters. The van der Waals surface area contributed by atoms with Crippen LogP contribution in [-0.2, 0) is 33.1 Å². The molecular formula is C30H28N4O4S2. The van der Waals surface area contributed by atoms with Gasteiger partial charge in [0.1, 0.15) is 0 Å². The van der Waals surface area contributed by atoms with Crippen molar-refractivity contribution < 1.29 is 16.8 Å². The molecule has 0 saturated heterocycles. The molecule has 10 heteroatoms. The smallest absolute Gasteiger partial charge is 0.238 e. The number of fused-ring (bicyclic) bond motifs is 2. The molecule has 0 amide bonds. The number of nitrogens with two attached hydrogens (primary N) is 2. The van der Waals surface area contributed by atoms with Gasteiger partial charge < -0.3 is 10.6 Å². The summed E-state index contributed by atoms with van der Waals surface area (Å²) in [4.78, 5) is -0.0964.